The first-order chi connectivity index (χ1) is 9.25. The summed E-state index contributed by atoms with van der Waals surface area (Å²) in [7, 11) is 1.86. The van der Waals surface area contributed by atoms with E-state index in [1.165, 1.54) is 12.8 Å². The third-order valence-electron chi connectivity index (χ3n) is 3.70. The van der Waals surface area contributed by atoms with Gasteiger partial charge in [0.2, 0.25) is 0 Å². The molecule has 0 bridgehead atoms. The van der Waals surface area contributed by atoms with E-state index < -0.39 is 0 Å². The van der Waals surface area contributed by atoms with Crippen LogP contribution in [0.4, 0.5) is 10.5 Å². The zero-order chi connectivity index (χ0) is 13.5. The van der Waals surface area contributed by atoms with Crippen molar-refractivity contribution >= 4 is 11.7 Å². The highest BCUT2D eigenvalue weighted by Gasteiger charge is 2.15. The summed E-state index contributed by atoms with van der Waals surface area (Å²) in [5.41, 5.74) is 0.848. The van der Waals surface area contributed by atoms with Gasteiger partial charge in [-0.25, -0.2) is 4.79 Å². The minimum atomic E-state index is -0.0277. The van der Waals surface area contributed by atoms with Gasteiger partial charge < -0.3 is 15.5 Å². The number of benzene rings is 1. The van der Waals surface area contributed by atoms with Gasteiger partial charge in [-0.3, -0.25) is 0 Å². The number of piperidine rings is 1. The molecule has 0 saturated carbocycles. The largest absolute Gasteiger partial charge is 0.328 e. The number of amides is 2. The Balaban J connectivity index is 1.73. The lowest BCUT2D eigenvalue weighted by Gasteiger charge is -2.25. The Kier molecular flexibility index (Phi) is 5.21. The molecular weight excluding hydrogens is 238 g/mol. The van der Waals surface area contributed by atoms with Crippen LogP contribution in [0.3, 0.4) is 0 Å². The van der Waals surface area contributed by atoms with Crippen LogP contribution in [0.15, 0.2) is 30.3 Å². The van der Waals surface area contributed by atoms with Crippen molar-refractivity contribution in [2.45, 2.75) is 19.3 Å². The molecule has 1 aliphatic rings. The van der Waals surface area contributed by atoms with Crippen molar-refractivity contribution in [3.63, 3.8) is 0 Å². The van der Waals surface area contributed by atoms with Crippen LogP contribution >= 0.6 is 0 Å². The van der Waals surface area contributed by atoms with Crippen molar-refractivity contribution in [1.29, 1.82) is 0 Å². The number of para-hydroxylation sites is 1. The predicted molar refractivity (Wildman–Crippen MR) is 78.3 cm³/mol. The van der Waals surface area contributed by atoms with Crippen LogP contribution in [0.2, 0.25) is 0 Å². The number of rotatable bonds is 4. The maximum Gasteiger partial charge on any atom is 0.321 e. The van der Waals surface area contributed by atoms with Gasteiger partial charge in [0.15, 0.2) is 0 Å². The fourth-order valence-electron chi connectivity index (χ4n) is 2.39. The normalized spacial score (nSPS) is 16.1. The van der Waals surface area contributed by atoms with E-state index in [0.29, 0.717) is 0 Å². The molecule has 1 saturated heterocycles. The van der Waals surface area contributed by atoms with E-state index in [1.54, 1.807) is 4.90 Å². The highest BCUT2D eigenvalue weighted by molar-refractivity contribution is 5.89. The summed E-state index contributed by atoms with van der Waals surface area (Å²) in [5, 5.41) is 6.27. The van der Waals surface area contributed by atoms with E-state index >= 15 is 0 Å². The SMILES string of the molecule is CN(CCC1CCNCC1)C(=O)Nc1ccccc1. The van der Waals surface area contributed by atoms with Crippen LogP contribution in [0.25, 0.3) is 0 Å². The maximum atomic E-state index is 12.0. The van der Waals surface area contributed by atoms with Gasteiger partial charge in [-0.15, -0.1) is 0 Å². The second-order valence-corrected chi connectivity index (χ2v) is 5.20. The summed E-state index contributed by atoms with van der Waals surface area (Å²) in [6.07, 6.45) is 3.56. The number of hydrogen-bond donors (Lipinski definition) is 2. The van der Waals surface area contributed by atoms with Gasteiger partial charge >= 0.3 is 6.03 Å². The number of nitrogens with zero attached hydrogens (tertiary/aromatic N) is 1. The fraction of sp³-hybridized carbons (Fsp3) is 0.533. The van der Waals surface area contributed by atoms with Crippen LogP contribution in [-0.4, -0.2) is 37.6 Å². The summed E-state index contributed by atoms with van der Waals surface area (Å²) in [6, 6.07) is 9.56. The lowest BCUT2D eigenvalue weighted by atomic mass is 9.94. The molecule has 104 valence electrons. The molecule has 0 atom stereocenters. The first-order valence-electron chi connectivity index (χ1n) is 7.03. The van der Waals surface area contributed by atoms with Crippen molar-refractivity contribution in [2.75, 3.05) is 32.0 Å². The molecule has 19 heavy (non-hydrogen) atoms. The molecule has 4 nitrogen and oxygen atoms in total. The van der Waals surface area contributed by atoms with Crippen LogP contribution in [0.1, 0.15) is 19.3 Å². The lowest BCUT2D eigenvalue weighted by molar-refractivity contribution is 0.216. The van der Waals surface area contributed by atoms with Crippen LogP contribution in [-0.2, 0) is 0 Å². The van der Waals surface area contributed by atoms with Gasteiger partial charge in [-0.05, 0) is 50.4 Å². The lowest BCUT2D eigenvalue weighted by Crippen LogP contribution is -2.34. The Morgan fingerprint density at radius 3 is 2.68 bits per heavy atom. The zero-order valence-corrected chi connectivity index (χ0v) is 11.6. The Labute approximate surface area is 115 Å². The summed E-state index contributed by atoms with van der Waals surface area (Å²) in [4.78, 5) is 13.8. The van der Waals surface area contributed by atoms with Crippen molar-refractivity contribution in [3.05, 3.63) is 30.3 Å². The average molecular weight is 261 g/mol. The number of hydrogen-bond acceptors (Lipinski definition) is 2. The number of nitrogens with one attached hydrogen (secondary N) is 2. The maximum absolute atomic E-state index is 12.0. The minimum absolute atomic E-state index is 0.0277. The molecule has 4 heteroatoms. The van der Waals surface area contributed by atoms with E-state index in [0.717, 1.165) is 37.7 Å². The molecule has 2 N–H and O–H groups in total. The molecule has 1 fully saturated rings. The van der Waals surface area contributed by atoms with E-state index in [2.05, 4.69) is 10.6 Å². The molecule has 0 spiro atoms. The molecule has 1 aromatic rings. The summed E-state index contributed by atoms with van der Waals surface area (Å²) < 4.78 is 0. The van der Waals surface area contributed by atoms with Gasteiger partial charge in [-0.2, -0.15) is 0 Å². The second-order valence-electron chi connectivity index (χ2n) is 5.20. The summed E-state index contributed by atoms with van der Waals surface area (Å²) >= 11 is 0. The first-order valence-corrected chi connectivity index (χ1v) is 7.03. The average Bonchev–Trinajstić information content (AvgIpc) is 2.47. The van der Waals surface area contributed by atoms with Gasteiger partial charge in [-0.1, -0.05) is 18.2 Å². The Morgan fingerprint density at radius 1 is 1.32 bits per heavy atom. The first kappa shape index (κ1) is 13.9. The van der Waals surface area contributed by atoms with Gasteiger partial charge in [0.05, 0.1) is 0 Å². The van der Waals surface area contributed by atoms with Crippen molar-refractivity contribution in [2.24, 2.45) is 5.92 Å². The van der Waals surface area contributed by atoms with Crippen LogP contribution < -0.4 is 10.6 Å². The molecule has 1 aromatic carbocycles. The smallest absolute Gasteiger partial charge is 0.321 e. The number of urea groups is 1. The van der Waals surface area contributed by atoms with Crippen LogP contribution in [0, 0.1) is 5.92 Å². The van der Waals surface area contributed by atoms with Gasteiger partial charge in [0, 0.05) is 19.3 Å². The third-order valence-corrected chi connectivity index (χ3v) is 3.70. The zero-order valence-electron chi connectivity index (χ0n) is 11.6. The highest BCUT2D eigenvalue weighted by Crippen LogP contribution is 2.16. The molecule has 0 aliphatic carbocycles. The topological polar surface area (TPSA) is 44.4 Å². The van der Waals surface area contributed by atoms with Crippen molar-refractivity contribution in [3.8, 4) is 0 Å². The van der Waals surface area contributed by atoms with E-state index in [4.69, 9.17) is 0 Å². The summed E-state index contributed by atoms with van der Waals surface area (Å²) in [5.74, 6) is 0.758. The standard InChI is InChI=1S/C15H23N3O/c1-18(12-9-13-7-10-16-11-8-13)15(19)17-14-5-3-2-4-6-14/h2-6,13,16H,7-12H2,1H3,(H,17,19). The van der Waals surface area contributed by atoms with Gasteiger partial charge in [0.25, 0.3) is 0 Å². The van der Waals surface area contributed by atoms with Crippen molar-refractivity contribution < 1.29 is 4.79 Å². The van der Waals surface area contributed by atoms with Crippen LogP contribution in [0.5, 0.6) is 0 Å². The number of carbonyl (C=O) groups is 1. The molecule has 1 aliphatic heterocycles. The molecule has 2 amide bonds. The van der Waals surface area contributed by atoms with E-state index in [1.807, 2.05) is 37.4 Å². The molecule has 0 unspecified atom stereocenters. The molecule has 0 aromatic heterocycles. The second kappa shape index (κ2) is 7.14. The molecule has 2 rings (SSSR count). The molecule has 0 radical (unpaired) electrons. The molecular formula is C15H23N3O. The summed E-state index contributed by atoms with van der Waals surface area (Å²) in [6.45, 7) is 3.05. The van der Waals surface area contributed by atoms with Gasteiger partial charge in [0.1, 0.15) is 0 Å². The Bertz CT molecular complexity index is 388. The monoisotopic (exact) mass is 261 g/mol. The number of carbonyl (C=O) groups excluding carboxylic acids is 1. The Morgan fingerprint density at radius 2 is 2.00 bits per heavy atom. The third kappa shape index (κ3) is 4.56. The minimum Gasteiger partial charge on any atom is -0.328 e. The molecule has 1 heterocycles. The predicted octanol–water partition coefficient (Wildman–Crippen LogP) is 2.54. The number of anilines is 1. The van der Waals surface area contributed by atoms with Crippen molar-refractivity contribution in [1.82, 2.24) is 10.2 Å². The quantitative estimate of drug-likeness (QED) is 0.875. The Hall–Kier alpha value is -1.55. The highest BCUT2D eigenvalue weighted by atomic mass is 16.2. The fourth-order valence-corrected chi connectivity index (χ4v) is 2.39. The van der Waals surface area contributed by atoms with E-state index in [9.17, 15) is 4.79 Å². The van der Waals surface area contributed by atoms with E-state index in [-0.39, 0.29) is 6.03 Å².